The molecule has 178 valence electrons. The summed E-state index contributed by atoms with van der Waals surface area (Å²) < 4.78 is 7.61. The third-order valence-electron chi connectivity index (χ3n) is 6.73. The molecule has 0 fully saturated rings. The maximum atomic E-state index is 12.7. The predicted octanol–water partition coefficient (Wildman–Crippen LogP) is 5.52. The summed E-state index contributed by atoms with van der Waals surface area (Å²) in [5.74, 6) is 1.18. The molecule has 0 aliphatic heterocycles. The zero-order valence-electron chi connectivity index (χ0n) is 21.0. The second kappa shape index (κ2) is 8.97. The Labute approximate surface area is 200 Å². The molecule has 0 aliphatic carbocycles. The Hall–Kier alpha value is -3.61. The van der Waals surface area contributed by atoms with Crippen LogP contribution in [-0.2, 0) is 18.9 Å². The summed E-state index contributed by atoms with van der Waals surface area (Å²) in [7, 11) is 1.86. The van der Waals surface area contributed by atoms with Gasteiger partial charge in [0.25, 0.3) is 0 Å². The second-order valence-corrected chi connectivity index (χ2v) is 9.63. The van der Waals surface area contributed by atoms with Crippen LogP contribution in [0.1, 0.15) is 71.5 Å². The van der Waals surface area contributed by atoms with Crippen molar-refractivity contribution in [1.29, 1.82) is 0 Å². The molecule has 34 heavy (non-hydrogen) atoms. The Balaban J connectivity index is 1.46. The van der Waals surface area contributed by atoms with Crippen molar-refractivity contribution in [1.82, 2.24) is 20.2 Å². The van der Waals surface area contributed by atoms with Crippen LogP contribution >= 0.6 is 0 Å². The highest BCUT2D eigenvalue weighted by molar-refractivity contribution is 5.92. The highest BCUT2D eigenvalue weighted by Crippen LogP contribution is 2.29. The number of rotatable bonds is 7. The van der Waals surface area contributed by atoms with E-state index < -0.39 is 0 Å². The van der Waals surface area contributed by atoms with E-state index in [1.807, 2.05) is 33.0 Å². The Kier molecular flexibility index (Phi) is 6.21. The van der Waals surface area contributed by atoms with Crippen LogP contribution in [0.15, 0.2) is 40.8 Å². The lowest BCUT2D eigenvalue weighted by atomic mass is 9.81. The van der Waals surface area contributed by atoms with Gasteiger partial charge in [0.05, 0.1) is 5.69 Å². The fourth-order valence-corrected chi connectivity index (χ4v) is 4.18. The van der Waals surface area contributed by atoms with Gasteiger partial charge in [0.1, 0.15) is 11.6 Å². The van der Waals surface area contributed by atoms with Crippen LogP contribution in [0.3, 0.4) is 0 Å². The van der Waals surface area contributed by atoms with Crippen LogP contribution in [0.5, 0.6) is 0 Å². The van der Waals surface area contributed by atoms with Gasteiger partial charge in [-0.3, -0.25) is 20.3 Å². The summed E-state index contributed by atoms with van der Waals surface area (Å²) in [6.07, 6.45) is 1.70. The Morgan fingerprint density at radius 2 is 1.85 bits per heavy atom. The quantitative estimate of drug-likeness (QED) is 0.355. The number of fused-ring (bicyclic) bond motifs is 1. The number of carbonyl (C=O) groups excluding carboxylic acids is 1. The van der Waals surface area contributed by atoms with E-state index in [2.05, 4.69) is 66.8 Å². The number of carbonyl (C=O) groups is 1. The Bertz CT molecular complexity index is 1360. The molecule has 7 heteroatoms. The van der Waals surface area contributed by atoms with E-state index in [0.717, 1.165) is 34.5 Å². The van der Waals surface area contributed by atoms with Gasteiger partial charge < -0.3 is 4.42 Å². The SMILES string of the molecule is CCC(C)(C)c1ccc(C)c(Cc2ccc(C(=O)NNc3cc(C)c4c(C)nn(C)c4n3)o2)c1. The zero-order valence-corrected chi connectivity index (χ0v) is 21.0. The fraction of sp³-hybridized carbons (Fsp3) is 0.370. The number of hydrogen-bond donors (Lipinski definition) is 2. The maximum absolute atomic E-state index is 12.7. The molecule has 1 amide bonds. The van der Waals surface area contributed by atoms with Gasteiger partial charge in [0, 0.05) is 18.9 Å². The third-order valence-corrected chi connectivity index (χ3v) is 6.73. The topological polar surface area (TPSA) is 85.0 Å². The van der Waals surface area contributed by atoms with Crippen molar-refractivity contribution in [3.05, 3.63) is 75.9 Å². The molecule has 0 radical (unpaired) electrons. The van der Waals surface area contributed by atoms with Gasteiger partial charge in [-0.15, -0.1) is 0 Å². The summed E-state index contributed by atoms with van der Waals surface area (Å²) in [5, 5.41) is 5.45. The van der Waals surface area contributed by atoms with Gasteiger partial charge in [-0.25, -0.2) is 4.98 Å². The summed E-state index contributed by atoms with van der Waals surface area (Å²) in [6, 6.07) is 12.1. The molecule has 0 saturated heterocycles. The van der Waals surface area contributed by atoms with Crippen LogP contribution in [0.2, 0.25) is 0 Å². The molecular weight excluding hydrogens is 426 g/mol. The molecule has 0 saturated carbocycles. The second-order valence-electron chi connectivity index (χ2n) is 9.63. The number of hydrazine groups is 1. The van der Waals surface area contributed by atoms with E-state index in [1.54, 1.807) is 10.7 Å². The van der Waals surface area contributed by atoms with Crippen molar-refractivity contribution in [3.8, 4) is 0 Å². The van der Waals surface area contributed by atoms with Crippen molar-refractivity contribution in [2.45, 2.75) is 59.8 Å². The normalized spacial score (nSPS) is 11.7. The molecule has 4 aromatic rings. The first-order chi connectivity index (χ1) is 16.1. The minimum Gasteiger partial charge on any atom is -0.456 e. The molecule has 7 nitrogen and oxygen atoms in total. The molecule has 2 N–H and O–H groups in total. The molecule has 4 rings (SSSR count). The van der Waals surface area contributed by atoms with Gasteiger partial charge in [0.15, 0.2) is 11.4 Å². The largest absolute Gasteiger partial charge is 0.456 e. The first-order valence-corrected chi connectivity index (χ1v) is 11.6. The lowest BCUT2D eigenvalue weighted by Gasteiger charge is -2.24. The number of benzene rings is 1. The average Bonchev–Trinajstić information content (AvgIpc) is 3.37. The summed E-state index contributed by atoms with van der Waals surface area (Å²) in [4.78, 5) is 17.3. The first kappa shape index (κ1) is 23.5. The number of nitrogens with one attached hydrogen (secondary N) is 2. The number of anilines is 1. The number of pyridine rings is 1. The van der Waals surface area contributed by atoms with E-state index >= 15 is 0 Å². The van der Waals surface area contributed by atoms with Crippen LogP contribution in [-0.4, -0.2) is 20.7 Å². The monoisotopic (exact) mass is 459 g/mol. The number of aryl methyl sites for hydroxylation is 4. The lowest BCUT2D eigenvalue weighted by Crippen LogP contribution is -2.29. The first-order valence-electron chi connectivity index (χ1n) is 11.6. The molecule has 0 bridgehead atoms. The molecule has 3 aromatic heterocycles. The van der Waals surface area contributed by atoms with Crippen molar-refractivity contribution < 1.29 is 9.21 Å². The van der Waals surface area contributed by atoms with Gasteiger partial charge in [0.2, 0.25) is 0 Å². The zero-order chi connectivity index (χ0) is 24.6. The maximum Gasteiger partial charge on any atom is 0.305 e. The molecule has 0 atom stereocenters. The van der Waals surface area contributed by atoms with Crippen LogP contribution in [0.25, 0.3) is 11.0 Å². The van der Waals surface area contributed by atoms with Crippen LogP contribution < -0.4 is 10.9 Å². The summed E-state index contributed by atoms with van der Waals surface area (Å²) >= 11 is 0. The number of hydrogen-bond acceptors (Lipinski definition) is 5. The minimum atomic E-state index is -0.357. The third kappa shape index (κ3) is 4.55. The van der Waals surface area contributed by atoms with E-state index in [9.17, 15) is 4.79 Å². The van der Waals surface area contributed by atoms with Gasteiger partial charge in [-0.1, -0.05) is 39.0 Å². The van der Waals surface area contributed by atoms with Crippen molar-refractivity contribution in [2.75, 3.05) is 5.43 Å². The Morgan fingerprint density at radius 3 is 2.59 bits per heavy atom. The van der Waals surface area contributed by atoms with Crippen LogP contribution in [0, 0.1) is 20.8 Å². The number of nitrogens with zero attached hydrogens (tertiary/aromatic N) is 3. The highest BCUT2D eigenvalue weighted by Gasteiger charge is 2.19. The summed E-state index contributed by atoms with van der Waals surface area (Å²) in [6.45, 7) is 12.8. The van der Waals surface area contributed by atoms with Crippen LogP contribution in [0.4, 0.5) is 5.82 Å². The number of furan rings is 1. The van der Waals surface area contributed by atoms with Gasteiger partial charge in [-0.05, 0) is 73.1 Å². The molecule has 0 spiro atoms. The predicted molar refractivity (Wildman–Crippen MR) is 135 cm³/mol. The fourth-order valence-electron chi connectivity index (χ4n) is 4.18. The average molecular weight is 460 g/mol. The van der Waals surface area contributed by atoms with E-state index in [4.69, 9.17) is 4.42 Å². The highest BCUT2D eigenvalue weighted by atomic mass is 16.4. The number of aromatic nitrogens is 3. The molecule has 1 aromatic carbocycles. The van der Waals surface area contributed by atoms with Crippen molar-refractivity contribution in [3.63, 3.8) is 0 Å². The molecule has 3 heterocycles. The van der Waals surface area contributed by atoms with E-state index in [-0.39, 0.29) is 17.1 Å². The molecular formula is C27H33N5O2. The van der Waals surface area contributed by atoms with Crippen molar-refractivity contribution >= 4 is 22.8 Å². The standard InChI is InChI=1S/C27H33N5O2/c1-8-27(5,6)20-10-9-16(2)19(14-20)15-21-11-12-22(34-21)26(33)30-29-23-13-17(3)24-18(4)31-32(7)25(24)28-23/h9-14H,8,15H2,1-7H3,(H,28,29)(H,30,33). The lowest BCUT2D eigenvalue weighted by molar-refractivity contribution is 0.0933. The smallest absolute Gasteiger partial charge is 0.305 e. The Morgan fingerprint density at radius 1 is 1.09 bits per heavy atom. The van der Waals surface area contributed by atoms with Gasteiger partial charge in [-0.2, -0.15) is 5.10 Å². The molecule has 0 aliphatic rings. The minimum absolute atomic E-state index is 0.117. The van der Waals surface area contributed by atoms with Gasteiger partial charge >= 0.3 is 5.91 Å². The van der Waals surface area contributed by atoms with Crippen molar-refractivity contribution in [2.24, 2.45) is 7.05 Å². The molecule has 0 unspecified atom stereocenters. The van der Waals surface area contributed by atoms with E-state index in [0.29, 0.717) is 12.2 Å². The number of amides is 1. The summed E-state index contributed by atoms with van der Waals surface area (Å²) in [5.41, 5.74) is 12.2. The van der Waals surface area contributed by atoms with E-state index in [1.165, 1.54) is 16.7 Å².